The summed E-state index contributed by atoms with van der Waals surface area (Å²) in [5, 5.41) is 3.46. The fourth-order valence-electron chi connectivity index (χ4n) is 3.60. The standard InChI is InChI=1S/C17H26N2.2ClH/c1-2-4-16(5-3-1)17-8-12-19(13-9-17)14-15-6-10-18-11-7-15;;/h1-5,15,17-18H,6-14H2;2*1H. The van der Waals surface area contributed by atoms with Crippen molar-refractivity contribution in [3.8, 4) is 0 Å². The predicted molar refractivity (Wildman–Crippen MR) is 94.9 cm³/mol. The molecule has 2 aliphatic rings. The summed E-state index contributed by atoms with van der Waals surface area (Å²) in [6.07, 6.45) is 5.43. The van der Waals surface area contributed by atoms with Crippen LogP contribution in [0.5, 0.6) is 0 Å². The summed E-state index contributed by atoms with van der Waals surface area (Å²) in [4.78, 5) is 2.70. The lowest BCUT2D eigenvalue weighted by molar-refractivity contribution is 0.167. The molecule has 0 atom stereocenters. The van der Waals surface area contributed by atoms with E-state index in [4.69, 9.17) is 0 Å². The van der Waals surface area contributed by atoms with E-state index in [-0.39, 0.29) is 24.8 Å². The van der Waals surface area contributed by atoms with E-state index in [2.05, 4.69) is 40.5 Å². The van der Waals surface area contributed by atoms with E-state index in [1.54, 1.807) is 5.56 Å². The molecule has 2 nitrogen and oxygen atoms in total. The summed E-state index contributed by atoms with van der Waals surface area (Å²) < 4.78 is 0. The van der Waals surface area contributed by atoms with Gasteiger partial charge >= 0.3 is 0 Å². The van der Waals surface area contributed by atoms with Gasteiger partial charge in [0.25, 0.3) is 0 Å². The Morgan fingerprint density at radius 2 is 1.52 bits per heavy atom. The van der Waals surface area contributed by atoms with Crippen molar-refractivity contribution in [3.05, 3.63) is 35.9 Å². The molecule has 0 spiro atoms. The van der Waals surface area contributed by atoms with Gasteiger partial charge in [0, 0.05) is 6.54 Å². The average molecular weight is 331 g/mol. The number of nitrogens with zero attached hydrogens (tertiary/aromatic N) is 1. The van der Waals surface area contributed by atoms with Gasteiger partial charge in [0.1, 0.15) is 0 Å². The summed E-state index contributed by atoms with van der Waals surface area (Å²) in [6.45, 7) is 6.38. The van der Waals surface area contributed by atoms with Crippen LogP contribution >= 0.6 is 24.8 Å². The number of likely N-dealkylation sites (tertiary alicyclic amines) is 1. The summed E-state index contributed by atoms with van der Waals surface area (Å²) in [6, 6.07) is 11.1. The second-order valence-electron chi connectivity index (χ2n) is 6.18. The minimum atomic E-state index is 0. The molecule has 0 bridgehead atoms. The highest BCUT2D eigenvalue weighted by Gasteiger charge is 2.23. The van der Waals surface area contributed by atoms with Gasteiger partial charge in [-0.25, -0.2) is 0 Å². The van der Waals surface area contributed by atoms with Crippen molar-refractivity contribution in [2.24, 2.45) is 5.92 Å². The maximum absolute atomic E-state index is 3.46. The van der Waals surface area contributed by atoms with Crippen molar-refractivity contribution < 1.29 is 0 Å². The number of rotatable bonds is 3. The smallest absolute Gasteiger partial charge is 0.00106 e. The second kappa shape index (κ2) is 9.68. The number of hydrogen-bond donors (Lipinski definition) is 1. The zero-order valence-corrected chi connectivity index (χ0v) is 14.3. The lowest BCUT2D eigenvalue weighted by atomic mass is 9.88. The zero-order chi connectivity index (χ0) is 12.9. The SMILES string of the molecule is Cl.Cl.c1ccc(C2CCN(CC3CCNCC3)CC2)cc1. The van der Waals surface area contributed by atoms with Crippen molar-refractivity contribution in [1.82, 2.24) is 10.2 Å². The molecule has 2 heterocycles. The van der Waals surface area contributed by atoms with Crippen LogP contribution in [0.2, 0.25) is 0 Å². The predicted octanol–water partition coefficient (Wildman–Crippen LogP) is 3.71. The summed E-state index contributed by atoms with van der Waals surface area (Å²) in [5.74, 6) is 1.74. The number of halogens is 2. The average Bonchev–Trinajstić information content (AvgIpc) is 2.50. The first-order chi connectivity index (χ1) is 9.42. The van der Waals surface area contributed by atoms with E-state index in [0.29, 0.717) is 0 Å². The Labute approximate surface area is 141 Å². The fourth-order valence-corrected chi connectivity index (χ4v) is 3.60. The molecule has 21 heavy (non-hydrogen) atoms. The molecular weight excluding hydrogens is 303 g/mol. The molecule has 3 rings (SSSR count). The highest BCUT2D eigenvalue weighted by molar-refractivity contribution is 5.85. The Morgan fingerprint density at radius 1 is 0.905 bits per heavy atom. The van der Waals surface area contributed by atoms with Crippen molar-refractivity contribution in [1.29, 1.82) is 0 Å². The number of hydrogen-bond acceptors (Lipinski definition) is 2. The summed E-state index contributed by atoms with van der Waals surface area (Å²) >= 11 is 0. The van der Waals surface area contributed by atoms with E-state index < -0.39 is 0 Å². The molecule has 0 amide bonds. The van der Waals surface area contributed by atoms with Crippen LogP contribution < -0.4 is 5.32 Å². The van der Waals surface area contributed by atoms with E-state index in [1.165, 1.54) is 58.4 Å². The van der Waals surface area contributed by atoms with Crippen LogP contribution in [-0.2, 0) is 0 Å². The third kappa shape index (κ3) is 5.45. The van der Waals surface area contributed by atoms with Crippen LogP contribution in [0.25, 0.3) is 0 Å². The molecule has 1 N–H and O–H groups in total. The van der Waals surface area contributed by atoms with Crippen molar-refractivity contribution >= 4 is 24.8 Å². The Hall–Kier alpha value is -0.280. The third-order valence-electron chi connectivity index (χ3n) is 4.83. The Bertz CT molecular complexity index is 372. The minimum Gasteiger partial charge on any atom is -0.317 e. The van der Waals surface area contributed by atoms with Crippen molar-refractivity contribution in [3.63, 3.8) is 0 Å². The zero-order valence-electron chi connectivity index (χ0n) is 12.7. The molecule has 0 saturated carbocycles. The molecular formula is C17H28Cl2N2. The molecule has 1 aromatic rings. The molecule has 1 aromatic carbocycles. The molecule has 0 unspecified atom stereocenters. The third-order valence-corrected chi connectivity index (χ3v) is 4.83. The van der Waals surface area contributed by atoms with Gasteiger partial charge in [0.2, 0.25) is 0 Å². The van der Waals surface area contributed by atoms with Gasteiger partial charge in [-0.2, -0.15) is 0 Å². The summed E-state index contributed by atoms with van der Waals surface area (Å²) in [5.41, 5.74) is 1.55. The van der Waals surface area contributed by atoms with Gasteiger partial charge in [-0.1, -0.05) is 30.3 Å². The van der Waals surface area contributed by atoms with E-state index in [1.807, 2.05) is 0 Å². The van der Waals surface area contributed by atoms with E-state index in [0.717, 1.165) is 11.8 Å². The van der Waals surface area contributed by atoms with Crippen molar-refractivity contribution in [2.45, 2.75) is 31.6 Å². The van der Waals surface area contributed by atoms with Crippen molar-refractivity contribution in [2.75, 3.05) is 32.7 Å². The number of benzene rings is 1. The van der Waals surface area contributed by atoms with Crippen LogP contribution in [-0.4, -0.2) is 37.6 Å². The highest BCUT2D eigenvalue weighted by atomic mass is 35.5. The van der Waals surface area contributed by atoms with Gasteiger partial charge in [-0.15, -0.1) is 24.8 Å². The van der Waals surface area contributed by atoms with Crippen LogP contribution in [0.4, 0.5) is 0 Å². The fraction of sp³-hybridized carbons (Fsp3) is 0.647. The molecule has 2 aliphatic heterocycles. The van der Waals surface area contributed by atoms with Gasteiger partial charge in [-0.3, -0.25) is 0 Å². The molecule has 0 radical (unpaired) electrons. The van der Waals surface area contributed by atoms with Gasteiger partial charge < -0.3 is 10.2 Å². The molecule has 0 aliphatic carbocycles. The monoisotopic (exact) mass is 330 g/mol. The first kappa shape index (κ1) is 18.8. The van der Waals surface area contributed by atoms with Gasteiger partial charge in [0.05, 0.1) is 0 Å². The van der Waals surface area contributed by atoms with Crippen LogP contribution in [0, 0.1) is 5.92 Å². The minimum absolute atomic E-state index is 0. The molecule has 120 valence electrons. The van der Waals surface area contributed by atoms with Gasteiger partial charge in [0.15, 0.2) is 0 Å². The topological polar surface area (TPSA) is 15.3 Å². The normalized spacial score (nSPS) is 21.3. The first-order valence-electron chi connectivity index (χ1n) is 7.90. The lowest BCUT2D eigenvalue weighted by Crippen LogP contribution is -2.39. The van der Waals surface area contributed by atoms with Crippen LogP contribution in [0.1, 0.15) is 37.2 Å². The Kier molecular flexibility index (Phi) is 8.65. The lowest BCUT2D eigenvalue weighted by Gasteiger charge is -2.35. The number of nitrogens with one attached hydrogen (secondary N) is 1. The van der Waals surface area contributed by atoms with Crippen LogP contribution in [0.15, 0.2) is 30.3 Å². The highest BCUT2D eigenvalue weighted by Crippen LogP contribution is 2.28. The first-order valence-corrected chi connectivity index (χ1v) is 7.90. The maximum Gasteiger partial charge on any atom is 0.00106 e. The Balaban J connectivity index is 0.00000110. The molecule has 0 aromatic heterocycles. The summed E-state index contributed by atoms with van der Waals surface area (Å²) in [7, 11) is 0. The van der Waals surface area contributed by atoms with E-state index in [9.17, 15) is 0 Å². The van der Waals surface area contributed by atoms with Gasteiger partial charge in [-0.05, 0) is 69.3 Å². The molecule has 2 saturated heterocycles. The second-order valence-corrected chi connectivity index (χ2v) is 6.18. The quantitative estimate of drug-likeness (QED) is 0.908. The molecule has 4 heteroatoms. The largest absolute Gasteiger partial charge is 0.317 e. The van der Waals surface area contributed by atoms with E-state index >= 15 is 0 Å². The number of piperidine rings is 2. The Morgan fingerprint density at radius 3 is 2.14 bits per heavy atom. The molecule has 2 fully saturated rings. The maximum atomic E-state index is 3.46. The van der Waals surface area contributed by atoms with Crippen LogP contribution in [0.3, 0.4) is 0 Å².